The first-order valence-electron chi connectivity index (χ1n) is 4.84. The molecule has 0 unspecified atom stereocenters. The Labute approximate surface area is 97.6 Å². The Kier molecular flexibility index (Phi) is 6.71. The van der Waals surface area contributed by atoms with Crippen LogP contribution >= 0.6 is 23.5 Å². The summed E-state index contributed by atoms with van der Waals surface area (Å²) in [6.45, 7) is 16.6. The number of hydrogen-bond donors (Lipinski definition) is 0. The highest BCUT2D eigenvalue weighted by Gasteiger charge is 2.17. The standard InChI is InChI=1S/C12H22S2/c1-10(2)7-13-9-12(5,6)14-8-11(3)4/h1,3,7-9H2,2,4-6H3. The monoisotopic (exact) mass is 230 g/mol. The van der Waals surface area contributed by atoms with Gasteiger partial charge in [-0.25, -0.2) is 0 Å². The molecule has 0 bridgehead atoms. The van der Waals surface area contributed by atoms with E-state index >= 15 is 0 Å². The van der Waals surface area contributed by atoms with Gasteiger partial charge in [-0.05, 0) is 27.7 Å². The lowest BCUT2D eigenvalue weighted by molar-refractivity contribution is 0.817. The Morgan fingerprint density at radius 1 is 1.07 bits per heavy atom. The summed E-state index contributed by atoms with van der Waals surface area (Å²) >= 11 is 3.96. The molecular weight excluding hydrogens is 208 g/mol. The first-order valence-corrected chi connectivity index (χ1v) is 6.98. The van der Waals surface area contributed by atoms with Gasteiger partial charge in [0, 0.05) is 22.0 Å². The van der Waals surface area contributed by atoms with Crippen LogP contribution in [-0.2, 0) is 0 Å². The van der Waals surface area contributed by atoms with Gasteiger partial charge in [0.1, 0.15) is 0 Å². The maximum atomic E-state index is 3.92. The van der Waals surface area contributed by atoms with Gasteiger partial charge < -0.3 is 0 Å². The molecule has 0 atom stereocenters. The van der Waals surface area contributed by atoms with E-state index in [1.807, 2.05) is 23.5 Å². The molecule has 2 heteroatoms. The largest absolute Gasteiger partial charge is 0.156 e. The molecule has 0 nitrogen and oxygen atoms in total. The van der Waals surface area contributed by atoms with E-state index in [0.717, 1.165) is 11.5 Å². The number of hydrogen-bond acceptors (Lipinski definition) is 2. The molecule has 0 radical (unpaired) electrons. The predicted octanol–water partition coefficient (Wildman–Crippen LogP) is 4.38. The van der Waals surface area contributed by atoms with Crippen LogP contribution in [0.1, 0.15) is 27.7 Å². The average molecular weight is 230 g/mol. The molecule has 0 spiro atoms. The smallest absolute Gasteiger partial charge is 0.0197 e. The second-order valence-corrected chi connectivity index (χ2v) is 7.12. The van der Waals surface area contributed by atoms with Crippen molar-refractivity contribution in [3.63, 3.8) is 0 Å². The van der Waals surface area contributed by atoms with Gasteiger partial charge in [0.2, 0.25) is 0 Å². The zero-order valence-electron chi connectivity index (χ0n) is 9.85. The molecule has 0 saturated carbocycles. The van der Waals surface area contributed by atoms with Crippen molar-refractivity contribution in [2.24, 2.45) is 0 Å². The second-order valence-electron chi connectivity index (χ2n) is 4.46. The predicted molar refractivity (Wildman–Crippen MR) is 73.5 cm³/mol. The fourth-order valence-electron chi connectivity index (χ4n) is 0.831. The molecule has 0 aliphatic heterocycles. The minimum Gasteiger partial charge on any atom is -0.156 e. The Balaban J connectivity index is 3.71. The van der Waals surface area contributed by atoms with Crippen LogP contribution in [0, 0.1) is 0 Å². The van der Waals surface area contributed by atoms with Gasteiger partial charge >= 0.3 is 0 Å². The normalized spacial score (nSPS) is 11.4. The van der Waals surface area contributed by atoms with Crippen LogP contribution in [0.5, 0.6) is 0 Å². The van der Waals surface area contributed by atoms with Crippen LogP contribution in [0.3, 0.4) is 0 Å². The van der Waals surface area contributed by atoms with E-state index < -0.39 is 0 Å². The van der Waals surface area contributed by atoms with Crippen molar-refractivity contribution in [2.45, 2.75) is 32.4 Å². The average Bonchev–Trinajstić information content (AvgIpc) is 2.00. The number of thioether (sulfide) groups is 2. The summed E-state index contributed by atoms with van der Waals surface area (Å²) in [7, 11) is 0. The highest BCUT2D eigenvalue weighted by molar-refractivity contribution is 8.04. The zero-order chi connectivity index (χ0) is 11.2. The minimum absolute atomic E-state index is 0.346. The molecule has 0 N–H and O–H groups in total. The van der Waals surface area contributed by atoms with Gasteiger partial charge in [-0.15, -0.1) is 0 Å². The topological polar surface area (TPSA) is 0 Å². The van der Waals surface area contributed by atoms with Crippen LogP contribution in [0.4, 0.5) is 0 Å². The van der Waals surface area contributed by atoms with E-state index in [4.69, 9.17) is 0 Å². The molecule has 0 fully saturated rings. The van der Waals surface area contributed by atoms with Crippen LogP contribution < -0.4 is 0 Å². The van der Waals surface area contributed by atoms with E-state index in [0.29, 0.717) is 4.75 Å². The van der Waals surface area contributed by atoms with Gasteiger partial charge in [-0.3, -0.25) is 0 Å². The first-order chi connectivity index (χ1) is 6.33. The van der Waals surface area contributed by atoms with Crippen LogP contribution in [0.2, 0.25) is 0 Å². The quantitative estimate of drug-likeness (QED) is 0.595. The second kappa shape index (κ2) is 6.62. The molecule has 0 aromatic rings. The summed E-state index contributed by atoms with van der Waals surface area (Å²) in [4.78, 5) is 0. The van der Waals surface area contributed by atoms with Crippen molar-refractivity contribution >= 4 is 23.5 Å². The lowest BCUT2D eigenvalue weighted by Crippen LogP contribution is -2.19. The Morgan fingerprint density at radius 2 is 1.57 bits per heavy atom. The fraction of sp³-hybridized carbons (Fsp3) is 0.667. The molecule has 0 amide bonds. The third-order valence-electron chi connectivity index (χ3n) is 1.51. The molecular formula is C12H22S2. The Hall–Kier alpha value is 0.180. The van der Waals surface area contributed by atoms with Crippen molar-refractivity contribution < 1.29 is 0 Å². The molecule has 0 saturated heterocycles. The third-order valence-corrected chi connectivity index (χ3v) is 4.88. The summed E-state index contributed by atoms with van der Waals surface area (Å²) in [5.74, 6) is 3.33. The van der Waals surface area contributed by atoms with Crippen LogP contribution in [0.15, 0.2) is 24.3 Å². The van der Waals surface area contributed by atoms with Crippen molar-refractivity contribution in [1.82, 2.24) is 0 Å². The highest BCUT2D eigenvalue weighted by atomic mass is 32.2. The van der Waals surface area contributed by atoms with Crippen LogP contribution in [0.25, 0.3) is 0 Å². The lowest BCUT2D eigenvalue weighted by atomic mass is 10.2. The van der Waals surface area contributed by atoms with Crippen LogP contribution in [-0.4, -0.2) is 22.0 Å². The van der Waals surface area contributed by atoms with Gasteiger partial charge in [-0.1, -0.05) is 24.3 Å². The summed E-state index contributed by atoms with van der Waals surface area (Å²) in [5.41, 5.74) is 2.52. The van der Waals surface area contributed by atoms with Gasteiger partial charge in [0.05, 0.1) is 0 Å². The molecule has 0 aliphatic rings. The van der Waals surface area contributed by atoms with Crippen molar-refractivity contribution in [1.29, 1.82) is 0 Å². The van der Waals surface area contributed by atoms with E-state index in [2.05, 4.69) is 40.9 Å². The summed E-state index contributed by atoms with van der Waals surface area (Å²) in [6, 6.07) is 0. The highest BCUT2D eigenvalue weighted by Crippen LogP contribution is 2.30. The maximum Gasteiger partial charge on any atom is 0.0197 e. The summed E-state index contributed by atoms with van der Waals surface area (Å²) in [6.07, 6.45) is 0. The van der Waals surface area contributed by atoms with Crippen molar-refractivity contribution in [3.8, 4) is 0 Å². The van der Waals surface area contributed by atoms with Gasteiger partial charge in [0.15, 0.2) is 0 Å². The molecule has 0 heterocycles. The van der Waals surface area contributed by atoms with Crippen molar-refractivity contribution in [3.05, 3.63) is 24.3 Å². The van der Waals surface area contributed by atoms with E-state index in [-0.39, 0.29) is 0 Å². The summed E-state index contributed by atoms with van der Waals surface area (Å²) in [5, 5.41) is 0. The molecule has 0 aliphatic carbocycles. The van der Waals surface area contributed by atoms with Gasteiger partial charge in [0.25, 0.3) is 0 Å². The molecule has 0 aromatic heterocycles. The Morgan fingerprint density at radius 3 is 2.00 bits per heavy atom. The van der Waals surface area contributed by atoms with E-state index in [1.54, 1.807) is 0 Å². The molecule has 82 valence electrons. The molecule has 14 heavy (non-hydrogen) atoms. The zero-order valence-corrected chi connectivity index (χ0v) is 11.5. The Bertz CT molecular complexity index is 204. The third kappa shape index (κ3) is 8.76. The first kappa shape index (κ1) is 14.2. The van der Waals surface area contributed by atoms with E-state index in [1.165, 1.54) is 16.9 Å². The molecule has 0 aromatic carbocycles. The van der Waals surface area contributed by atoms with E-state index in [9.17, 15) is 0 Å². The van der Waals surface area contributed by atoms with Gasteiger partial charge in [-0.2, -0.15) is 23.5 Å². The fourth-order valence-corrected chi connectivity index (χ4v) is 2.99. The van der Waals surface area contributed by atoms with Crippen molar-refractivity contribution in [2.75, 3.05) is 17.3 Å². The number of rotatable bonds is 7. The SMILES string of the molecule is C=C(C)CSCC(C)(C)SCC(=C)C. The summed E-state index contributed by atoms with van der Waals surface area (Å²) < 4.78 is 0.346. The molecule has 0 rings (SSSR count). The minimum atomic E-state index is 0.346. The lowest BCUT2D eigenvalue weighted by Gasteiger charge is -2.23. The maximum absolute atomic E-state index is 3.92.